The van der Waals surface area contributed by atoms with Crippen LogP contribution in [0.15, 0.2) is 47.4 Å². The summed E-state index contributed by atoms with van der Waals surface area (Å²) in [7, 11) is -3.59. The minimum atomic E-state index is -3.59. The summed E-state index contributed by atoms with van der Waals surface area (Å²) in [5.41, 5.74) is 3.15. The number of benzene rings is 2. The first-order chi connectivity index (χ1) is 14.8. The molecule has 0 heterocycles. The van der Waals surface area contributed by atoms with Gasteiger partial charge in [0.1, 0.15) is 0 Å². The lowest BCUT2D eigenvalue weighted by molar-refractivity contribution is -0.114. The van der Waals surface area contributed by atoms with Gasteiger partial charge >= 0.3 is 0 Å². The number of nitrogens with one attached hydrogen (secondary N) is 3. The number of unbranched alkanes of at least 4 members (excludes halogenated alkanes) is 1. The minimum Gasteiger partial charge on any atom is -0.383 e. The van der Waals surface area contributed by atoms with E-state index < -0.39 is 10.0 Å². The maximum absolute atomic E-state index is 12.9. The monoisotopic (exact) mass is 446 g/mol. The first kappa shape index (κ1) is 24.7. The van der Waals surface area contributed by atoms with Crippen molar-refractivity contribution < 1.29 is 13.2 Å². The minimum absolute atomic E-state index is 0.0190. The van der Waals surface area contributed by atoms with Gasteiger partial charge in [-0.2, -0.15) is 4.31 Å². The van der Waals surface area contributed by atoms with Crippen molar-refractivity contribution in [2.75, 3.05) is 42.1 Å². The van der Waals surface area contributed by atoms with Crippen molar-refractivity contribution in [2.45, 2.75) is 45.4 Å². The molecule has 0 radical (unpaired) electrons. The Morgan fingerprint density at radius 3 is 2.35 bits per heavy atom. The van der Waals surface area contributed by atoms with E-state index in [1.807, 2.05) is 45.0 Å². The highest BCUT2D eigenvalue weighted by molar-refractivity contribution is 7.89. The molecule has 31 heavy (non-hydrogen) atoms. The van der Waals surface area contributed by atoms with Crippen molar-refractivity contribution in [3.05, 3.63) is 48.0 Å². The average molecular weight is 447 g/mol. The summed E-state index contributed by atoms with van der Waals surface area (Å²) < 4.78 is 27.3. The third kappa shape index (κ3) is 6.97. The number of aryl methyl sites for hydroxylation is 1. The van der Waals surface area contributed by atoms with E-state index in [0.29, 0.717) is 18.8 Å². The summed E-state index contributed by atoms with van der Waals surface area (Å²) in [5, 5.41) is 9.29. The normalized spacial score (nSPS) is 11.4. The highest BCUT2D eigenvalue weighted by atomic mass is 32.2. The third-order valence-electron chi connectivity index (χ3n) is 4.92. The Morgan fingerprint density at radius 1 is 0.968 bits per heavy atom. The van der Waals surface area contributed by atoms with Crippen LogP contribution in [0.4, 0.5) is 17.1 Å². The van der Waals surface area contributed by atoms with Crippen LogP contribution in [-0.2, 0) is 14.8 Å². The standard InChI is InChI=1S/C23H34N4O3S/c1-5-8-14-24-21-13-12-20(31(29,30)27(6-2)7-3)16-22(21)25-17-23(28)26-19-11-9-10-18(4)15-19/h9-13,15-16,24-25H,5-8,14,17H2,1-4H3,(H,26,28). The Balaban J connectivity index is 2.21. The summed E-state index contributed by atoms with van der Waals surface area (Å²) in [5.74, 6) is -0.206. The van der Waals surface area contributed by atoms with Gasteiger partial charge in [0.15, 0.2) is 0 Å². The highest BCUT2D eigenvalue weighted by Crippen LogP contribution is 2.27. The maximum atomic E-state index is 12.9. The molecule has 0 aliphatic carbocycles. The molecular formula is C23H34N4O3S. The molecule has 0 bridgehead atoms. The Bertz CT molecular complexity index is 973. The number of hydrogen-bond acceptors (Lipinski definition) is 5. The number of anilines is 3. The number of hydrogen-bond donors (Lipinski definition) is 3. The Morgan fingerprint density at radius 2 is 1.71 bits per heavy atom. The maximum Gasteiger partial charge on any atom is 0.243 e. The van der Waals surface area contributed by atoms with Crippen molar-refractivity contribution in [3.63, 3.8) is 0 Å². The molecule has 0 spiro atoms. The number of carbonyl (C=O) groups is 1. The van der Waals surface area contributed by atoms with E-state index in [1.165, 1.54) is 4.31 Å². The van der Waals surface area contributed by atoms with Gasteiger partial charge in [-0.1, -0.05) is 39.3 Å². The van der Waals surface area contributed by atoms with Gasteiger partial charge in [-0.3, -0.25) is 4.79 Å². The molecule has 0 atom stereocenters. The number of sulfonamides is 1. The van der Waals surface area contributed by atoms with E-state index in [9.17, 15) is 13.2 Å². The zero-order valence-corrected chi connectivity index (χ0v) is 19.7. The molecule has 0 fully saturated rings. The van der Waals surface area contributed by atoms with Gasteiger partial charge in [0.25, 0.3) is 0 Å². The lowest BCUT2D eigenvalue weighted by atomic mass is 10.2. The molecule has 0 saturated heterocycles. The Labute approximate surface area is 186 Å². The molecule has 2 aromatic rings. The highest BCUT2D eigenvalue weighted by Gasteiger charge is 2.22. The molecule has 0 saturated carbocycles. The van der Waals surface area contributed by atoms with Crippen LogP contribution in [-0.4, -0.2) is 44.8 Å². The quantitative estimate of drug-likeness (QED) is 0.423. The predicted molar refractivity (Wildman–Crippen MR) is 128 cm³/mol. The molecule has 0 aliphatic rings. The second-order valence-electron chi connectivity index (χ2n) is 7.35. The van der Waals surface area contributed by atoms with Crippen molar-refractivity contribution in [3.8, 4) is 0 Å². The lowest BCUT2D eigenvalue weighted by Crippen LogP contribution is -2.30. The predicted octanol–water partition coefficient (Wildman–Crippen LogP) is 4.29. The van der Waals surface area contributed by atoms with Gasteiger partial charge in [0.05, 0.1) is 22.8 Å². The summed E-state index contributed by atoms with van der Waals surface area (Å²) >= 11 is 0. The largest absolute Gasteiger partial charge is 0.383 e. The molecule has 2 aromatic carbocycles. The van der Waals surface area contributed by atoms with E-state index in [4.69, 9.17) is 0 Å². The van der Waals surface area contributed by atoms with E-state index in [1.54, 1.807) is 18.2 Å². The van der Waals surface area contributed by atoms with E-state index in [0.717, 1.165) is 36.3 Å². The molecule has 2 rings (SSSR count). The van der Waals surface area contributed by atoms with Crippen LogP contribution in [0.2, 0.25) is 0 Å². The molecule has 0 aliphatic heterocycles. The second-order valence-corrected chi connectivity index (χ2v) is 9.29. The number of amides is 1. The molecule has 8 heteroatoms. The Hall–Kier alpha value is -2.58. The Kier molecular flexibility index (Phi) is 9.33. The number of nitrogens with zero attached hydrogens (tertiary/aromatic N) is 1. The summed E-state index contributed by atoms with van der Waals surface area (Å²) in [6.45, 7) is 9.29. The molecule has 170 valence electrons. The zero-order chi connectivity index (χ0) is 22.9. The first-order valence-corrected chi connectivity index (χ1v) is 12.2. The molecule has 7 nitrogen and oxygen atoms in total. The van der Waals surface area contributed by atoms with E-state index >= 15 is 0 Å². The third-order valence-corrected chi connectivity index (χ3v) is 6.97. The molecule has 0 aromatic heterocycles. The molecular weight excluding hydrogens is 412 g/mol. The van der Waals surface area contributed by atoms with Gasteiger partial charge in [0, 0.05) is 25.3 Å². The molecule has 3 N–H and O–H groups in total. The van der Waals surface area contributed by atoms with Crippen LogP contribution in [0, 0.1) is 6.92 Å². The first-order valence-electron chi connectivity index (χ1n) is 10.8. The van der Waals surface area contributed by atoms with Crippen LogP contribution in [0.5, 0.6) is 0 Å². The summed E-state index contributed by atoms with van der Waals surface area (Å²) in [4.78, 5) is 12.6. The SMILES string of the molecule is CCCCNc1ccc(S(=O)(=O)N(CC)CC)cc1NCC(=O)Nc1cccc(C)c1. The van der Waals surface area contributed by atoms with E-state index in [2.05, 4.69) is 22.9 Å². The van der Waals surface area contributed by atoms with Gasteiger partial charge in [0.2, 0.25) is 15.9 Å². The van der Waals surface area contributed by atoms with Gasteiger partial charge in [-0.15, -0.1) is 0 Å². The summed E-state index contributed by atoms with van der Waals surface area (Å²) in [6.07, 6.45) is 2.04. The molecule has 1 amide bonds. The zero-order valence-electron chi connectivity index (χ0n) is 18.9. The van der Waals surface area contributed by atoms with Crippen LogP contribution in [0.25, 0.3) is 0 Å². The van der Waals surface area contributed by atoms with Crippen molar-refractivity contribution in [1.82, 2.24) is 4.31 Å². The fourth-order valence-electron chi connectivity index (χ4n) is 3.20. The topological polar surface area (TPSA) is 90.5 Å². The van der Waals surface area contributed by atoms with Crippen molar-refractivity contribution in [1.29, 1.82) is 0 Å². The van der Waals surface area contributed by atoms with Crippen LogP contribution < -0.4 is 16.0 Å². The van der Waals surface area contributed by atoms with Gasteiger partial charge in [-0.05, 0) is 49.2 Å². The van der Waals surface area contributed by atoms with E-state index in [-0.39, 0.29) is 17.3 Å². The van der Waals surface area contributed by atoms with Crippen molar-refractivity contribution in [2.24, 2.45) is 0 Å². The average Bonchev–Trinajstić information content (AvgIpc) is 2.73. The van der Waals surface area contributed by atoms with Crippen LogP contribution in [0.3, 0.4) is 0 Å². The fourth-order valence-corrected chi connectivity index (χ4v) is 4.68. The molecule has 0 unspecified atom stereocenters. The number of rotatable bonds is 12. The van der Waals surface area contributed by atoms with Gasteiger partial charge in [-0.25, -0.2) is 8.42 Å². The lowest BCUT2D eigenvalue weighted by Gasteiger charge is -2.20. The smallest absolute Gasteiger partial charge is 0.243 e. The van der Waals surface area contributed by atoms with Crippen LogP contribution in [0.1, 0.15) is 39.2 Å². The summed E-state index contributed by atoms with van der Waals surface area (Å²) in [6, 6.07) is 12.5. The van der Waals surface area contributed by atoms with Gasteiger partial charge < -0.3 is 16.0 Å². The van der Waals surface area contributed by atoms with Crippen molar-refractivity contribution >= 4 is 33.0 Å². The number of carbonyl (C=O) groups excluding carboxylic acids is 1. The van der Waals surface area contributed by atoms with Crippen LogP contribution >= 0.6 is 0 Å². The second kappa shape index (κ2) is 11.7. The fraction of sp³-hybridized carbons (Fsp3) is 0.435.